The number of rotatable bonds is 8. The molecule has 4 heteroatoms. The molecule has 0 aromatic carbocycles. The molecule has 0 spiro atoms. The van der Waals surface area contributed by atoms with Gasteiger partial charge >= 0.3 is 0 Å². The van der Waals surface area contributed by atoms with Gasteiger partial charge in [0.1, 0.15) is 12.2 Å². The van der Waals surface area contributed by atoms with Gasteiger partial charge in [-0.1, -0.05) is 39.0 Å². The van der Waals surface area contributed by atoms with Crippen LogP contribution >= 0.6 is 0 Å². The summed E-state index contributed by atoms with van der Waals surface area (Å²) in [5.74, 6) is 0.376. The first-order valence-electron chi connectivity index (χ1n) is 7.82. The molecule has 0 heterocycles. The maximum absolute atomic E-state index is 9.94. The maximum atomic E-state index is 9.94. The normalized spacial score (nSPS) is 41.1. The van der Waals surface area contributed by atoms with Crippen LogP contribution in [-0.2, 0) is 4.74 Å². The molecule has 2 saturated carbocycles. The van der Waals surface area contributed by atoms with E-state index in [1.54, 1.807) is 0 Å². The summed E-state index contributed by atoms with van der Waals surface area (Å²) in [7, 11) is 0. The Labute approximate surface area is 115 Å². The van der Waals surface area contributed by atoms with E-state index >= 15 is 0 Å². The summed E-state index contributed by atoms with van der Waals surface area (Å²) < 4.78 is 5.75. The van der Waals surface area contributed by atoms with Crippen molar-refractivity contribution >= 4 is 0 Å². The van der Waals surface area contributed by atoms with Gasteiger partial charge in [-0.15, -0.1) is 0 Å². The van der Waals surface area contributed by atoms with E-state index in [-0.39, 0.29) is 17.9 Å². The molecule has 0 radical (unpaired) electrons. The lowest BCUT2D eigenvalue weighted by atomic mass is 9.89. The fraction of sp³-hybridized carbons (Fsp3) is 1.00. The molecule has 2 rings (SSSR count). The number of hydrogen-bond donors (Lipinski definition) is 3. The van der Waals surface area contributed by atoms with Crippen LogP contribution in [0.2, 0.25) is 0 Å². The first kappa shape index (κ1) is 15.2. The number of ether oxygens (including phenoxy) is 1. The van der Waals surface area contributed by atoms with Gasteiger partial charge in [0.2, 0.25) is 0 Å². The molecule has 0 saturated heterocycles. The second-order valence-electron chi connectivity index (χ2n) is 6.14. The molecule has 2 aliphatic rings. The molecule has 0 amide bonds. The molecule has 0 bridgehead atoms. The van der Waals surface area contributed by atoms with E-state index in [9.17, 15) is 15.3 Å². The summed E-state index contributed by atoms with van der Waals surface area (Å²) >= 11 is 0. The van der Waals surface area contributed by atoms with Crippen molar-refractivity contribution in [3.63, 3.8) is 0 Å². The van der Waals surface area contributed by atoms with Crippen LogP contribution < -0.4 is 0 Å². The molecule has 6 atom stereocenters. The number of aliphatic hydroxyl groups is 3. The summed E-state index contributed by atoms with van der Waals surface area (Å²) in [6.45, 7) is 2.86. The first-order chi connectivity index (χ1) is 9.16. The van der Waals surface area contributed by atoms with Crippen molar-refractivity contribution in [3.8, 4) is 0 Å². The predicted octanol–water partition coefficient (Wildman–Crippen LogP) is 1.46. The third-order valence-corrected chi connectivity index (χ3v) is 4.60. The van der Waals surface area contributed by atoms with Crippen LogP contribution in [-0.4, -0.2) is 46.3 Å². The molecule has 2 aliphatic carbocycles. The SMILES string of the molecule is CCCCCCCCO[C@@H]1[C@@H](O)[C@H](O)[C@@H](O)[C@H]2C[C@H]21. The largest absolute Gasteiger partial charge is 0.390 e. The number of unbranched alkanes of at least 4 members (excludes halogenated alkanes) is 5. The fourth-order valence-electron chi connectivity index (χ4n) is 3.23. The highest BCUT2D eigenvalue weighted by Crippen LogP contribution is 2.50. The van der Waals surface area contributed by atoms with Crippen LogP contribution in [0.3, 0.4) is 0 Å². The summed E-state index contributed by atoms with van der Waals surface area (Å²) in [6.07, 6.45) is 5.13. The Morgan fingerprint density at radius 1 is 0.842 bits per heavy atom. The predicted molar refractivity (Wildman–Crippen MR) is 72.7 cm³/mol. The molecule has 19 heavy (non-hydrogen) atoms. The van der Waals surface area contributed by atoms with E-state index in [1.165, 1.54) is 32.1 Å². The van der Waals surface area contributed by atoms with Crippen LogP contribution in [0.25, 0.3) is 0 Å². The van der Waals surface area contributed by atoms with Gasteiger partial charge in [-0.05, 0) is 24.7 Å². The lowest BCUT2D eigenvalue weighted by molar-refractivity contribution is -0.158. The molecule has 3 N–H and O–H groups in total. The van der Waals surface area contributed by atoms with Gasteiger partial charge in [-0.3, -0.25) is 0 Å². The van der Waals surface area contributed by atoms with Gasteiger partial charge < -0.3 is 20.1 Å². The van der Waals surface area contributed by atoms with Crippen molar-refractivity contribution < 1.29 is 20.1 Å². The molecule has 0 aromatic heterocycles. The number of hydrogen-bond acceptors (Lipinski definition) is 4. The van der Waals surface area contributed by atoms with E-state index in [0.29, 0.717) is 6.61 Å². The lowest BCUT2D eigenvalue weighted by Crippen LogP contribution is -2.51. The second kappa shape index (κ2) is 7.02. The van der Waals surface area contributed by atoms with E-state index in [1.807, 2.05) is 0 Å². The Bertz CT molecular complexity index is 271. The third kappa shape index (κ3) is 3.69. The highest BCUT2D eigenvalue weighted by atomic mass is 16.5. The summed E-state index contributed by atoms with van der Waals surface area (Å²) in [5.41, 5.74) is 0. The highest BCUT2D eigenvalue weighted by molar-refractivity contribution is 5.07. The third-order valence-electron chi connectivity index (χ3n) is 4.60. The molecule has 2 fully saturated rings. The van der Waals surface area contributed by atoms with Crippen molar-refractivity contribution in [3.05, 3.63) is 0 Å². The molecule has 0 unspecified atom stereocenters. The zero-order chi connectivity index (χ0) is 13.8. The van der Waals surface area contributed by atoms with Crippen LogP contribution in [0.15, 0.2) is 0 Å². The van der Waals surface area contributed by atoms with Crippen molar-refractivity contribution in [2.24, 2.45) is 11.8 Å². The average molecular weight is 272 g/mol. The number of fused-ring (bicyclic) bond motifs is 1. The standard InChI is InChI=1S/C15H28O4/c1-2-3-4-5-6-7-8-19-15-11-9-10(11)12(16)13(17)14(15)18/h10-18H,2-9H2,1H3/t10-,11+,12-,13+,14-,15-/m0/s1. The molecular weight excluding hydrogens is 244 g/mol. The van der Waals surface area contributed by atoms with Gasteiger partial charge in [-0.25, -0.2) is 0 Å². The zero-order valence-electron chi connectivity index (χ0n) is 11.9. The van der Waals surface area contributed by atoms with Crippen molar-refractivity contribution in [2.45, 2.75) is 76.3 Å². The van der Waals surface area contributed by atoms with Crippen LogP contribution in [0.5, 0.6) is 0 Å². The minimum atomic E-state index is -1.04. The Morgan fingerprint density at radius 3 is 2.26 bits per heavy atom. The second-order valence-corrected chi connectivity index (χ2v) is 6.14. The van der Waals surface area contributed by atoms with Crippen LogP contribution in [0.1, 0.15) is 51.9 Å². The van der Waals surface area contributed by atoms with Gasteiger partial charge in [0.25, 0.3) is 0 Å². The van der Waals surface area contributed by atoms with E-state index in [2.05, 4.69) is 6.92 Å². The quantitative estimate of drug-likeness (QED) is 0.585. The van der Waals surface area contributed by atoms with E-state index in [0.717, 1.165) is 12.8 Å². The Balaban J connectivity index is 1.61. The molecule has 112 valence electrons. The Morgan fingerprint density at radius 2 is 1.53 bits per heavy atom. The summed E-state index contributed by atoms with van der Waals surface area (Å²) in [6, 6.07) is 0. The first-order valence-corrected chi connectivity index (χ1v) is 7.82. The lowest BCUT2D eigenvalue weighted by Gasteiger charge is -2.34. The summed E-state index contributed by atoms with van der Waals surface area (Å²) in [4.78, 5) is 0. The molecule has 0 aromatic rings. The minimum absolute atomic E-state index is 0.132. The van der Waals surface area contributed by atoms with Crippen LogP contribution in [0.4, 0.5) is 0 Å². The average Bonchev–Trinajstić information content (AvgIpc) is 3.19. The molecule has 4 nitrogen and oxygen atoms in total. The fourth-order valence-corrected chi connectivity index (χ4v) is 3.23. The van der Waals surface area contributed by atoms with E-state index in [4.69, 9.17) is 4.74 Å². The van der Waals surface area contributed by atoms with Crippen LogP contribution in [0, 0.1) is 11.8 Å². The van der Waals surface area contributed by atoms with Crippen molar-refractivity contribution in [2.75, 3.05) is 6.61 Å². The Kier molecular flexibility index (Phi) is 5.63. The van der Waals surface area contributed by atoms with Gasteiger partial charge in [0.05, 0.1) is 12.2 Å². The minimum Gasteiger partial charge on any atom is -0.390 e. The molecule has 0 aliphatic heterocycles. The topological polar surface area (TPSA) is 69.9 Å². The smallest absolute Gasteiger partial charge is 0.109 e. The zero-order valence-corrected chi connectivity index (χ0v) is 11.9. The molecular formula is C15H28O4. The van der Waals surface area contributed by atoms with Crippen molar-refractivity contribution in [1.82, 2.24) is 0 Å². The monoisotopic (exact) mass is 272 g/mol. The van der Waals surface area contributed by atoms with Gasteiger partial charge in [-0.2, -0.15) is 0 Å². The van der Waals surface area contributed by atoms with Crippen molar-refractivity contribution in [1.29, 1.82) is 0 Å². The highest BCUT2D eigenvalue weighted by Gasteiger charge is 2.58. The summed E-state index contributed by atoms with van der Waals surface area (Å²) in [5, 5.41) is 29.4. The number of aliphatic hydroxyl groups excluding tert-OH is 3. The Hall–Kier alpha value is -0.160. The van der Waals surface area contributed by atoms with E-state index < -0.39 is 18.3 Å². The maximum Gasteiger partial charge on any atom is 0.109 e. The van der Waals surface area contributed by atoms with Gasteiger partial charge in [0, 0.05) is 6.61 Å². The van der Waals surface area contributed by atoms with Gasteiger partial charge in [0.15, 0.2) is 0 Å².